The Morgan fingerprint density at radius 2 is 1.97 bits per heavy atom. The Morgan fingerprint density at radius 1 is 1.16 bits per heavy atom. The van der Waals surface area contributed by atoms with Crippen molar-refractivity contribution in [3.8, 4) is 5.75 Å². The summed E-state index contributed by atoms with van der Waals surface area (Å²) in [5.41, 5.74) is 1.42. The van der Waals surface area contributed by atoms with Gasteiger partial charge in [0.05, 0.1) is 7.11 Å². The lowest BCUT2D eigenvalue weighted by Gasteiger charge is -2.18. The number of benzene rings is 1. The quantitative estimate of drug-likeness (QED) is 0.547. The maximum absolute atomic E-state index is 13.1. The molecule has 0 atom stereocenters. The topological polar surface area (TPSA) is 60.8 Å². The Kier molecular flexibility index (Phi) is 6.48. The average molecular weight is 443 g/mol. The van der Waals surface area contributed by atoms with Crippen molar-refractivity contribution in [3.05, 3.63) is 85.7 Å². The van der Waals surface area contributed by atoms with Crippen LogP contribution in [0, 0.1) is 5.82 Å². The van der Waals surface area contributed by atoms with Crippen LogP contribution < -0.4 is 10.3 Å². The Morgan fingerprint density at radius 3 is 2.68 bits per heavy atom. The summed E-state index contributed by atoms with van der Waals surface area (Å²) in [5, 5.41) is 2.05. The van der Waals surface area contributed by atoms with Gasteiger partial charge in [-0.15, -0.1) is 11.3 Å². The third kappa shape index (κ3) is 4.86. The number of thiophene rings is 1. The van der Waals surface area contributed by atoms with Gasteiger partial charge in [-0.3, -0.25) is 9.69 Å². The Labute approximate surface area is 183 Å². The van der Waals surface area contributed by atoms with Crippen molar-refractivity contribution in [2.24, 2.45) is 0 Å². The first kappa shape index (κ1) is 21.3. The number of hydrogen-bond acceptors (Lipinski definition) is 6. The van der Waals surface area contributed by atoms with Crippen LogP contribution >= 0.6 is 11.3 Å². The number of nitrogens with zero attached hydrogens (tertiary/aromatic N) is 2. The number of methoxy groups -OCH3 is 1. The lowest BCUT2D eigenvalue weighted by atomic mass is 10.1. The van der Waals surface area contributed by atoms with Crippen LogP contribution in [0.1, 0.15) is 26.5 Å². The second-order valence-corrected chi connectivity index (χ2v) is 8.36. The molecule has 0 saturated heterocycles. The van der Waals surface area contributed by atoms with Gasteiger partial charge in [-0.05, 0) is 29.1 Å². The van der Waals surface area contributed by atoms with E-state index in [1.807, 2.05) is 11.4 Å². The summed E-state index contributed by atoms with van der Waals surface area (Å²) in [5.74, 6) is -0.682. The van der Waals surface area contributed by atoms with Crippen LogP contribution in [0.5, 0.6) is 5.75 Å². The number of carbonyl (C=O) groups is 1. The molecular weight excluding hydrogens is 419 g/mol. The fourth-order valence-corrected chi connectivity index (χ4v) is 4.50. The predicted molar refractivity (Wildman–Crippen MR) is 116 cm³/mol. The van der Waals surface area contributed by atoms with Crippen molar-refractivity contribution < 1.29 is 18.7 Å². The minimum absolute atomic E-state index is 0.109. The Balaban J connectivity index is 1.61. The highest BCUT2D eigenvalue weighted by atomic mass is 32.1. The van der Waals surface area contributed by atoms with E-state index in [9.17, 15) is 14.0 Å². The number of rotatable bonds is 6. The van der Waals surface area contributed by atoms with Crippen molar-refractivity contribution in [2.45, 2.75) is 26.1 Å². The molecule has 0 bridgehead atoms. The summed E-state index contributed by atoms with van der Waals surface area (Å²) in [6.07, 6.45) is 0.527. The summed E-state index contributed by atoms with van der Waals surface area (Å²) in [7, 11) is 1.31. The zero-order valence-corrected chi connectivity index (χ0v) is 18.0. The molecule has 31 heavy (non-hydrogen) atoms. The number of fused-ring (bicyclic) bond motifs is 1. The number of aromatic nitrogens is 1. The van der Waals surface area contributed by atoms with E-state index in [0.717, 1.165) is 12.1 Å². The van der Waals surface area contributed by atoms with E-state index in [-0.39, 0.29) is 29.3 Å². The van der Waals surface area contributed by atoms with E-state index in [2.05, 4.69) is 11.0 Å². The van der Waals surface area contributed by atoms with E-state index in [1.54, 1.807) is 28.0 Å². The molecule has 0 spiro atoms. The van der Waals surface area contributed by atoms with Gasteiger partial charge < -0.3 is 14.0 Å². The smallest absolute Gasteiger partial charge is 0.343 e. The monoisotopic (exact) mass is 442 g/mol. The molecule has 6 nitrogen and oxygen atoms in total. The summed E-state index contributed by atoms with van der Waals surface area (Å²) in [4.78, 5) is 29.0. The molecule has 1 aromatic carbocycles. The molecule has 4 rings (SSSR count). The molecule has 0 saturated carbocycles. The van der Waals surface area contributed by atoms with E-state index >= 15 is 0 Å². The fraction of sp³-hybridized carbons (Fsp3) is 0.304. The lowest BCUT2D eigenvalue weighted by molar-refractivity contribution is 0.0592. The summed E-state index contributed by atoms with van der Waals surface area (Å²) < 4.78 is 25.6. The van der Waals surface area contributed by atoms with Gasteiger partial charge in [-0.2, -0.15) is 0 Å². The first-order valence-electron chi connectivity index (χ1n) is 10.0. The van der Waals surface area contributed by atoms with Crippen molar-refractivity contribution >= 4 is 17.3 Å². The van der Waals surface area contributed by atoms with E-state index in [4.69, 9.17) is 9.47 Å². The number of ether oxygens (including phenoxy) is 2. The molecule has 162 valence electrons. The third-order valence-corrected chi connectivity index (χ3v) is 6.20. The molecule has 1 aliphatic heterocycles. The molecule has 3 aromatic rings. The van der Waals surface area contributed by atoms with Crippen LogP contribution in [0.4, 0.5) is 4.39 Å². The highest BCUT2D eigenvalue weighted by molar-refractivity contribution is 7.09. The molecule has 0 fully saturated rings. The molecule has 0 N–H and O–H groups in total. The minimum atomic E-state index is -0.537. The van der Waals surface area contributed by atoms with Gasteiger partial charge in [0.2, 0.25) is 0 Å². The second kappa shape index (κ2) is 9.45. The van der Waals surface area contributed by atoms with Crippen LogP contribution in [-0.4, -0.2) is 35.6 Å². The maximum Gasteiger partial charge on any atom is 0.343 e. The Hall–Kier alpha value is -2.97. The largest absolute Gasteiger partial charge is 0.488 e. The zero-order valence-electron chi connectivity index (χ0n) is 17.2. The SMILES string of the molecule is COC(=O)c1c(OCc2ccc(F)cc2)cc(=O)n2c1CCN(Cc1cccs1)CC2. The third-order valence-electron chi connectivity index (χ3n) is 5.34. The summed E-state index contributed by atoms with van der Waals surface area (Å²) in [6.45, 7) is 2.82. The standard InChI is InChI=1S/C23H23FN2O4S/c1-29-23(28)22-19-8-9-25(14-18-3-2-12-31-18)10-11-26(19)21(27)13-20(22)30-15-16-4-6-17(24)7-5-16/h2-7,12-13H,8-11,14-15H2,1H3. The predicted octanol–water partition coefficient (Wildman–Crippen LogP) is 3.47. The fourth-order valence-electron chi connectivity index (χ4n) is 3.75. The first-order valence-corrected chi connectivity index (χ1v) is 10.9. The number of esters is 1. The van der Waals surface area contributed by atoms with Gasteiger partial charge >= 0.3 is 5.97 Å². The zero-order chi connectivity index (χ0) is 21.8. The van der Waals surface area contributed by atoms with Gasteiger partial charge in [-0.25, -0.2) is 9.18 Å². The van der Waals surface area contributed by atoms with Crippen LogP contribution in [0.25, 0.3) is 0 Å². The van der Waals surface area contributed by atoms with Crippen LogP contribution in [-0.2, 0) is 30.9 Å². The number of pyridine rings is 1. The maximum atomic E-state index is 13.1. The van der Waals surface area contributed by atoms with Crippen LogP contribution in [0.15, 0.2) is 52.6 Å². The molecule has 0 radical (unpaired) electrons. The van der Waals surface area contributed by atoms with E-state index < -0.39 is 5.97 Å². The minimum Gasteiger partial charge on any atom is -0.488 e. The van der Waals surface area contributed by atoms with Gasteiger partial charge in [0, 0.05) is 49.2 Å². The molecule has 2 aromatic heterocycles. The van der Waals surface area contributed by atoms with Gasteiger partial charge in [0.25, 0.3) is 5.56 Å². The highest BCUT2D eigenvalue weighted by Gasteiger charge is 2.26. The van der Waals surface area contributed by atoms with Crippen molar-refractivity contribution in [1.29, 1.82) is 0 Å². The number of carbonyl (C=O) groups excluding carboxylic acids is 1. The molecular formula is C23H23FN2O4S. The van der Waals surface area contributed by atoms with Gasteiger partial charge in [0.15, 0.2) is 0 Å². The number of hydrogen-bond donors (Lipinski definition) is 0. The molecule has 0 aliphatic carbocycles. The lowest BCUT2D eigenvalue weighted by Crippen LogP contribution is -2.29. The van der Waals surface area contributed by atoms with Crippen molar-refractivity contribution in [3.63, 3.8) is 0 Å². The average Bonchev–Trinajstić information content (AvgIpc) is 3.19. The molecule has 1 aliphatic rings. The normalized spacial score (nSPS) is 14.0. The highest BCUT2D eigenvalue weighted by Crippen LogP contribution is 2.25. The summed E-state index contributed by atoms with van der Waals surface area (Å²) >= 11 is 1.70. The van der Waals surface area contributed by atoms with Gasteiger partial charge in [-0.1, -0.05) is 18.2 Å². The molecule has 8 heteroatoms. The summed E-state index contributed by atoms with van der Waals surface area (Å²) in [6, 6.07) is 11.3. The van der Waals surface area contributed by atoms with Crippen LogP contribution in [0.3, 0.4) is 0 Å². The molecule has 3 heterocycles. The first-order chi connectivity index (χ1) is 15.0. The van der Waals surface area contributed by atoms with Crippen molar-refractivity contribution in [1.82, 2.24) is 9.47 Å². The van der Waals surface area contributed by atoms with Crippen molar-refractivity contribution in [2.75, 3.05) is 20.2 Å². The molecule has 0 amide bonds. The second-order valence-electron chi connectivity index (χ2n) is 7.33. The van der Waals surface area contributed by atoms with E-state index in [0.29, 0.717) is 31.7 Å². The van der Waals surface area contributed by atoms with E-state index in [1.165, 1.54) is 30.2 Å². The molecule has 0 unspecified atom stereocenters. The van der Waals surface area contributed by atoms with Gasteiger partial charge in [0.1, 0.15) is 23.7 Å². The number of halogens is 1. The Bertz CT molecular complexity index is 1110. The van der Waals surface area contributed by atoms with Crippen LogP contribution in [0.2, 0.25) is 0 Å².